The maximum absolute atomic E-state index is 12.9. The van der Waals surface area contributed by atoms with Crippen molar-refractivity contribution in [1.29, 1.82) is 0 Å². The number of hydrogen-bond acceptors (Lipinski definition) is 6. The van der Waals surface area contributed by atoms with Crippen LogP contribution < -0.4 is 0 Å². The summed E-state index contributed by atoms with van der Waals surface area (Å²) in [6.45, 7) is 6.38. The molecule has 434 valence electrons. The Labute approximate surface area is 470 Å². The average molecular weight is 1060 g/mol. The number of hydrogen-bond donors (Lipinski definition) is 0. The lowest BCUT2D eigenvalue weighted by Gasteiger charge is -2.18. The molecule has 6 nitrogen and oxygen atoms in total. The highest BCUT2D eigenvalue weighted by atomic mass is 16.6. The molecule has 0 aromatic carbocycles. The van der Waals surface area contributed by atoms with E-state index in [2.05, 4.69) is 130 Å². The molecule has 1 unspecified atom stereocenters. The number of carbonyl (C=O) groups is 3. The number of rotatable bonds is 57. The van der Waals surface area contributed by atoms with Gasteiger partial charge in [0.25, 0.3) is 0 Å². The van der Waals surface area contributed by atoms with Crippen molar-refractivity contribution in [2.24, 2.45) is 0 Å². The first kappa shape index (κ1) is 72.1. The van der Waals surface area contributed by atoms with Gasteiger partial charge in [-0.05, 0) is 122 Å². The minimum absolute atomic E-state index is 0.0924. The third-order valence-corrected chi connectivity index (χ3v) is 13.5. The highest BCUT2D eigenvalue weighted by Crippen LogP contribution is 2.16. The van der Waals surface area contributed by atoms with E-state index >= 15 is 0 Å². The maximum Gasteiger partial charge on any atom is 0.306 e. The summed E-state index contributed by atoms with van der Waals surface area (Å²) in [5.41, 5.74) is 0. The van der Waals surface area contributed by atoms with Gasteiger partial charge in [0.15, 0.2) is 6.10 Å². The topological polar surface area (TPSA) is 78.9 Å². The number of carbonyl (C=O) groups excluding carboxylic acids is 3. The SMILES string of the molecule is CC/C=C\C/C=C\C/C=C\C/C=C\CCCCCCCCCCCCCCCCCCC(=O)OCC(COC(=O)CCCCC/C=C\C/C=C\C/C=C\CC)OC(=O)CCCCCCC/C=C\C/C=C\CCCCCC. The molecule has 0 aromatic heterocycles. The molecule has 0 aliphatic rings. The lowest BCUT2D eigenvalue weighted by atomic mass is 10.0. The Balaban J connectivity index is 4.26. The molecule has 1 atom stereocenters. The van der Waals surface area contributed by atoms with E-state index in [1.807, 2.05) is 0 Å². The van der Waals surface area contributed by atoms with E-state index in [0.717, 1.165) is 135 Å². The Hall–Kier alpha value is -3.93. The number of ether oxygens (including phenoxy) is 3. The van der Waals surface area contributed by atoms with Gasteiger partial charge in [0.05, 0.1) is 0 Å². The van der Waals surface area contributed by atoms with Gasteiger partial charge in [-0.25, -0.2) is 0 Å². The van der Waals surface area contributed by atoms with Gasteiger partial charge < -0.3 is 14.2 Å². The Morgan fingerprint density at radius 2 is 0.513 bits per heavy atom. The fourth-order valence-corrected chi connectivity index (χ4v) is 8.77. The second-order valence-corrected chi connectivity index (χ2v) is 20.9. The lowest BCUT2D eigenvalue weighted by molar-refractivity contribution is -0.167. The summed E-state index contributed by atoms with van der Waals surface area (Å²) in [4.78, 5) is 38.2. The normalized spacial score (nSPS) is 12.8. The number of allylic oxidation sites excluding steroid dienone is 18. The first-order chi connectivity index (χ1) is 37.5. The van der Waals surface area contributed by atoms with Crippen molar-refractivity contribution in [2.45, 2.75) is 303 Å². The summed E-state index contributed by atoms with van der Waals surface area (Å²) >= 11 is 0. The second kappa shape index (κ2) is 63.6. The molecule has 0 saturated carbocycles. The minimum atomic E-state index is -0.798. The number of unbranched alkanes of at least 4 members (excludes halogenated alkanes) is 28. The molecule has 0 N–H and O–H groups in total. The Kier molecular flexibility index (Phi) is 60.3. The maximum atomic E-state index is 12.9. The molecule has 0 fully saturated rings. The standard InChI is InChI=1S/C70H118O6/c1-4-7-10-13-16-19-22-25-27-29-30-31-32-33-34-35-36-37-38-39-40-41-43-45-48-51-54-57-60-63-69(72)75-66-67(65-74-68(71)62-59-56-53-50-47-44-24-21-18-15-12-9-6-3)76-70(73)64-61-58-55-52-49-46-42-28-26-23-20-17-14-11-8-5-2/h7,9-10,12,16,18-21,23,25,27-28,30-31,42,44,47,67H,4-6,8,11,13-15,17,22,24,26,29,32-41,43,45-46,48-66H2,1-3H3/b10-7-,12-9-,19-16-,21-18-,23-20-,27-25-,31-30-,42-28-,47-44-. The molecule has 0 bridgehead atoms. The van der Waals surface area contributed by atoms with Crippen LogP contribution in [0.25, 0.3) is 0 Å². The molecule has 0 heterocycles. The van der Waals surface area contributed by atoms with Crippen LogP contribution in [0.4, 0.5) is 0 Å². The van der Waals surface area contributed by atoms with Crippen molar-refractivity contribution in [3.8, 4) is 0 Å². The van der Waals surface area contributed by atoms with Crippen LogP contribution in [0.15, 0.2) is 109 Å². The third kappa shape index (κ3) is 60.9. The summed E-state index contributed by atoms with van der Waals surface area (Å²) in [5.74, 6) is -0.930. The Morgan fingerprint density at radius 3 is 0.816 bits per heavy atom. The zero-order chi connectivity index (χ0) is 55.0. The van der Waals surface area contributed by atoms with Crippen molar-refractivity contribution >= 4 is 17.9 Å². The summed E-state index contributed by atoms with van der Waals surface area (Å²) in [7, 11) is 0. The highest BCUT2D eigenvalue weighted by Gasteiger charge is 2.19. The predicted octanol–water partition coefficient (Wildman–Crippen LogP) is 21.8. The van der Waals surface area contributed by atoms with Crippen LogP contribution in [0, 0.1) is 0 Å². The van der Waals surface area contributed by atoms with Gasteiger partial charge in [0, 0.05) is 19.3 Å². The van der Waals surface area contributed by atoms with Crippen LogP contribution in [0.3, 0.4) is 0 Å². The van der Waals surface area contributed by atoms with E-state index in [4.69, 9.17) is 14.2 Å². The summed E-state index contributed by atoms with van der Waals surface area (Å²) in [6, 6.07) is 0. The van der Waals surface area contributed by atoms with Gasteiger partial charge in [-0.1, -0.05) is 265 Å². The van der Waals surface area contributed by atoms with Gasteiger partial charge in [-0.2, -0.15) is 0 Å². The fourth-order valence-electron chi connectivity index (χ4n) is 8.77. The molecular weight excluding hydrogens is 937 g/mol. The molecule has 6 heteroatoms. The van der Waals surface area contributed by atoms with Gasteiger partial charge in [0.1, 0.15) is 13.2 Å². The third-order valence-electron chi connectivity index (χ3n) is 13.5. The smallest absolute Gasteiger partial charge is 0.306 e. The number of esters is 3. The molecule has 0 spiro atoms. The van der Waals surface area contributed by atoms with Crippen LogP contribution in [0.5, 0.6) is 0 Å². The molecule has 76 heavy (non-hydrogen) atoms. The van der Waals surface area contributed by atoms with Crippen LogP contribution in [-0.2, 0) is 28.6 Å². The Bertz CT molecular complexity index is 1540. The van der Waals surface area contributed by atoms with Crippen molar-refractivity contribution in [3.05, 3.63) is 109 Å². The van der Waals surface area contributed by atoms with Gasteiger partial charge in [0.2, 0.25) is 0 Å². The quantitative estimate of drug-likeness (QED) is 0.0261. The van der Waals surface area contributed by atoms with Crippen molar-refractivity contribution in [3.63, 3.8) is 0 Å². The Morgan fingerprint density at radius 1 is 0.276 bits per heavy atom. The zero-order valence-electron chi connectivity index (χ0n) is 49.7. The lowest BCUT2D eigenvalue weighted by Crippen LogP contribution is -2.30. The molecule has 0 radical (unpaired) electrons. The minimum Gasteiger partial charge on any atom is -0.462 e. The van der Waals surface area contributed by atoms with E-state index in [1.165, 1.54) is 122 Å². The van der Waals surface area contributed by atoms with E-state index in [1.54, 1.807) is 0 Å². The second-order valence-electron chi connectivity index (χ2n) is 20.9. The summed E-state index contributed by atoms with van der Waals surface area (Å²) in [6.07, 6.45) is 86.8. The van der Waals surface area contributed by atoms with Gasteiger partial charge in [-0.15, -0.1) is 0 Å². The predicted molar refractivity (Wildman–Crippen MR) is 330 cm³/mol. The van der Waals surface area contributed by atoms with Gasteiger partial charge >= 0.3 is 17.9 Å². The van der Waals surface area contributed by atoms with Gasteiger partial charge in [-0.3, -0.25) is 14.4 Å². The summed E-state index contributed by atoms with van der Waals surface area (Å²) in [5, 5.41) is 0. The molecule has 0 aliphatic carbocycles. The molecule has 0 aliphatic heterocycles. The summed E-state index contributed by atoms with van der Waals surface area (Å²) < 4.78 is 16.9. The van der Waals surface area contributed by atoms with Crippen LogP contribution in [0.1, 0.15) is 297 Å². The first-order valence-electron chi connectivity index (χ1n) is 31.9. The molecular formula is C70H118O6. The van der Waals surface area contributed by atoms with Crippen molar-refractivity contribution in [1.82, 2.24) is 0 Å². The van der Waals surface area contributed by atoms with E-state index in [-0.39, 0.29) is 31.1 Å². The van der Waals surface area contributed by atoms with E-state index in [0.29, 0.717) is 19.3 Å². The molecule has 0 saturated heterocycles. The monoisotopic (exact) mass is 1050 g/mol. The van der Waals surface area contributed by atoms with Crippen LogP contribution in [-0.4, -0.2) is 37.2 Å². The zero-order valence-corrected chi connectivity index (χ0v) is 49.7. The first-order valence-corrected chi connectivity index (χ1v) is 31.9. The largest absolute Gasteiger partial charge is 0.462 e. The fraction of sp³-hybridized carbons (Fsp3) is 0.700. The highest BCUT2D eigenvalue weighted by molar-refractivity contribution is 5.71. The van der Waals surface area contributed by atoms with E-state index < -0.39 is 6.10 Å². The molecule has 0 rings (SSSR count). The average Bonchev–Trinajstić information content (AvgIpc) is 3.42. The van der Waals surface area contributed by atoms with Crippen LogP contribution in [0.2, 0.25) is 0 Å². The molecule has 0 aromatic rings. The van der Waals surface area contributed by atoms with Crippen LogP contribution >= 0.6 is 0 Å². The van der Waals surface area contributed by atoms with Crippen molar-refractivity contribution in [2.75, 3.05) is 13.2 Å². The van der Waals surface area contributed by atoms with E-state index in [9.17, 15) is 14.4 Å². The molecule has 0 amide bonds. The van der Waals surface area contributed by atoms with Crippen molar-refractivity contribution < 1.29 is 28.6 Å².